The lowest BCUT2D eigenvalue weighted by molar-refractivity contribution is -0.118. The van der Waals surface area contributed by atoms with Crippen LogP contribution in [0, 0.1) is 6.92 Å². The van der Waals surface area contributed by atoms with Crippen LogP contribution < -0.4 is 5.32 Å². The van der Waals surface area contributed by atoms with Crippen molar-refractivity contribution in [2.45, 2.75) is 26.3 Å². The molecule has 3 nitrogen and oxygen atoms in total. The predicted octanol–water partition coefficient (Wildman–Crippen LogP) is 1.90. The van der Waals surface area contributed by atoms with E-state index in [9.17, 15) is 4.79 Å². The predicted molar refractivity (Wildman–Crippen MR) is 69.5 cm³/mol. The lowest BCUT2D eigenvalue weighted by Gasteiger charge is -2.22. The second kappa shape index (κ2) is 5.64. The summed E-state index contributed by atoms with van der Waals surface area (Å²) in [6, 6.07) is 7.90. The van der Waals surface area contributed by atoms with Crippen LogP contribution in [0.4, 0.5) is 0 Å². The fraction of sp³-hybridized carbons (Fsp3) is 0.357. The van der Waals surface area contributed by atoms with Crippen molar-refractivity contribution in [2.24, 2.45) is 0 Å². The third kappa shape index (κ3) is 4.83. The first-order chi connectivity index (χ1) is 7.93. The fourth-order valence-electron chi connectivity index (χ4n) is 1.26. The Labute approximate surface area is 102 Å². The average molecular weight is 233 g/mol. The second-order valence-electron chi connectivity index (χ2n) is 4.78. The Morgan fingerprint density at radius 3 is 2.47 bits per heavy atom. The van der Waals surface area contributed by atoms with Crippen molar-refractivity contribution >= 4 is 12.0 Å². The van der Waals surface area contributed by atoms with Crippen molar-refractivity contribution in [2.75, 3.05) is 6.61 Å². The van der Waals surface area contributed by atoms with Crippen molar-refractivity contribution in [3.63, 3.8) is 0 Å². The molecule has 0 aliphatic rings. The lowest BCUT2D eigenvalue weighted by Crippen LogP contribution is -2.45. The van der Waals surface area contributed by atoms with Crippen LogP contribution in [0.15, 0.2) is 30.3 Å². The van der Waals surface area contributed by atoms with Gasteiger partial charge in [0.2, 0.25) is 5.91 Å². The number of hydrogen-bond donors (Lipinski definition) is 2. The SMILES string of the molecule is Cc1ccc(/C=C/C(=O)NC(C)(C)CO)cc1. The fourth-order valence-corrected chi connectivity index (χ4v) is 1.26. The number of rotatable bonds is 4. The molecule has 0 aliphatic heterocycles. The number of amides is 1. The third-order valence-corrected chi connectivity index (χ3v) is 2.36. The van der Waals surface area contributed by atoms with Gasteiger partial charge in [0.15, 0.2) is 0 Å². The summed E-state index contributed by atoms with van der Waals surface area (Å²) >= 11 is 0. The molecule has 1 amide bonds. The molecule has 3 heteroatoms. The van der Waals surface area contributed by atoms with E-state index in [1.807, 2.05) is 31.2 Å². The molecule has 92 valence electrons. The number of benzene rings is 1. The monoisotopic (exact) mass is 233 g/mol. The standard InChI is InChI=1S/C14H19NO2/c1-11-4-6-12(7-5-11)8-9-13(17)15-14(2,3)10-16/h4-9,16H,10H2,1-3H3,(H,15,17)/b9-8+. The molecule has 0 unspecified atom stereocenters. The van der Waals surface area contributed by atoms with Crippen LogP contribution in [0.3, 0.4) is 0 Å². The van der Waals surface area contributed by atoms with Gasteiger partial charge < -0.3 is 10.4 Å². The minimum atomic E-state index is -0.589. The van der Waals surface area contributed by atoms with Crippen molar-refractivity contribution in [3.05, 3.63) is 41.5 Å². The van der Waals surface area contributed by atoms with Crippen LogP contribution in [0.25, 0.3) is 6.08 Å². The van der Waals surface area contributed by atoms with E-state index in [1.165, 1.54) is 11.6 Å². The second-order valence-corrected chi connectivity index (χ2v) is 4.78. The molecule has 0 aliphatic carbocycles. The molecule has 0 saturated carbocycles. The summed E-state index contributed by atoms with van der Waals surface area (Å²) in [5.41, 5.74) is 1.58. The minimum Gasteiger partial charge on any atom is -0.394 e. The molecule has 1 aromatic rings. The highest BCUT2D eigenvalue weighted by atomic mass is 16.3. The number of aliphatic hydroxyl groups is 1. The van der Waals surface area contributed by atoms with E-state index in [-0.39, 0.29) is 12.5 Å². The van der Waals surface area contributed by atoms with Gasteiger partial charge in [-0.2, -0.15) is 0 Å². The van der Waals surface area contributed by atoms with Gasteiger partial charge in [0.1, 0.15) is 0 Å². The Morgan fingerprint density at radius 1 is 1.35 bits per heavy atom. The zero-order chi connectivity index (χ0) is 12.9. The quantitative estimate of drug-likeness (QED) is 0.780. The lowest BCUT2D eigenvalue weighted by atomic mass is 10.1. The van der Waals surface area contributed by atoms with Crippen LogP contribution in [-0.2, 0) is 4.79 Å². The van der Waals surface area contributed by atoms with Crippen LogP contribution in [0.5, 0.6) is 0 Å². The van der Waals surface area contributed by atoms with Crippen LogP contribution in [-0.4, -0.2) is 23.2 Å². The Balaban J connectivity index is 2.60. The maximum atomic E-state index is 11.5. The first-order valence-corrected chi connectivity index (χ1v) is 5.61. The molecule has 0 bridgehead atoms. The topological polar surface area (TPSA) is 49.3 Å². The zero-order valence-corrected chi connectivity index (χ0v) is 10.5. The Morgan fingerprint density at radius 2 is 1.94 bits per heavy atom. The van der Waals surface area contributed by atoms with Gasteiger partial charge in [0.25, 0.3) is 0 Å². The smallest absolute Gasteiger partial charge is 0.244 e. The molecular formula is C14H19NO2. The summed E-state index contributed by atoms with van der Waals surface area (Å²) in [6.45, 7) is 5.47. The van der Waals surface area contributed by atoms with E-state index >= 15 is 0 Å². The van der Waals surface area contributed by atoms with E-state index in [2.05, 4.69) is 5.32 Å². The van der Waals surface area contributed by atoms with Crippen LogP contribution in [0.2, 0.25) is 0 Å². The van der Waals surface area contributed by atoms with Gasteiger partial charge in [-0.25, -0.2) is 0 Å². The largest absolute Gasteiger partial charge is 0.394 e. The third-order valence-electron chi connectivity index (χ3n) is 2.36. The van der Waals surface area contributed by atoms with Gasteiger partial charge in [0, 0.05) is 6.08 Å². The van der Waals surface area contributed by atoms with E-state index in [0.29, 0.717) is 0 Å². The number of carbonyl (C=O) groups is 1. The summed E-state index contributed by atoms with van der Waals surface area (Å²) in [5, 5.41) is 11.7. The maximum Gasteiger partial charge on any atom is 0.244 e. The molecule has 0 heterocycles. The molecule has 0 saturated heterocycles. The first kappa shape index (κ1) is 13.5. The highest BCUT2D eigenvalue weighted by molar-refractivity contribution is 5.92. The molecule has 0 atom stereocenters. The van der Waals surface area contributed by atoms with Gasteiger partial charge in [0.05, 0.1) is 12.1 Å². The molecule has 0 radical (unpaired) electrons. The van der Waals surface area contributed by atoms with E-state index in [0.717, 1.165) is 5.56 Å². The van der Waals surface area contributed by atoms with Crippen molar-refractivity contribution in [3.8, 4) is 0 Å². The molecule has 17 heavy (non-hydrogen) atoms. The summed E-state index contributed by atoms with van der Waals surface area (Å²) in [7, 11) is 0. The summed E-state index contributed by atoms with van der Waals surface area (Å²) in [5.74, 6) is -0.204. The molecule has 1 rings (SSSR count). The maximum absolute atomic E-state index is 11.5. The van der Waals surface area contributed by atoms with Crippen molar-refractivity contribution in [1.82, 2.24) is 5.32 Å². The van der Waals surface area contributed by atoms with Gasteiger partial charge in [-0.15, -0.1) is 0 Å². The Hall–Kier alpha value is -1.61. The average Bonchev–Trinajstić information content (AvgIpc) is 2.28. The van der Waals surface area contributed by atoms with Crippen LogP contribution in [0.1, 0.15) is 25.0 Å². The Bertz CT molecular complexity index is 405. The molecule has 1 aromatic carbocycles. The normalized spacial score (nSPS) is 11.8. The summed E-state index contributed by atoms with van der Waals surface area (Å²) < 4.78 is 0. The molecule has 2 N–H and O–H groups in total. The molecular weight excluding hydrogens is 214 g/mol. The number of nitrogens with one attached hydrogen (secondary N) is 1. The minimum absolute atomic E-state index is 0.0862. The van der Waals surface area contributed by atoms with Crippen LogP contribution >= 0.6 is 0 Å². The zero-order valence-electron chi connectivity index (χ0n) is 10.5. The molecule has 0 spiro atoms. The van der Waals surface area contributed by atoms with Gasteiger partial charge in [-0.05, 0) is 32.4 Å². The first-order valence-electron chi connectivity index (χ1n) is 5.61. The number of hydrogen-bond acceptors (Lipinski definition) is 2. The van der Waals surface area contributed by atoms with E-state index in [1.54, 1.807) is 19.9 Å². The molecule has 0 aromatic heterocycles. The number of aliphatic hydroxyl groups excluding tert-OH is 1. The summed E-state index contributed by atoms with van der Waals surface area (Å²) in [6.07, 6.45) is 3.23. The highest BCUT2D eigenvalue weighted by Crippen LogP contribution is 2.05. The van der Waals surface area contributed by atoms with Gasteiger partial charge in [-0.1, -0.05) is 29.8 Å². The van der Waals surface area contributed by atoms with Gasteiger partial charge >= 0.3 is 0 Å². The summed E-state index contributed by atoms with van der Waals surface area (Å²) in [4.78, 5) is 11.5. The van der Waals surface area contributed by atoms with E-state index < -0.39 is 5.54 Å². The Kier molecular flexibility index (Phi) is 4.46. The van der Waals surface area contributed by atoms with Crippen molar-refractivity contribution in [1.29, 1.82) is 0 Å². The van der Waals surface area contributed by atoms with Crippen molar-refractivity contribution < 1.29 is 9.90 Å². The van der Waals surface area contributed by atoms with Gasteiger partial charge in [-0.3, -0.25) is 4.79 Å². The number of carbonyl (C=O) groups excluding carboxylic acids is 1. The number of aryl methyl sites for hydroxylation is 1. The molecule has 0 fully saturated rings. The highest BCUT2D eigenvalue weighted by Gasteiger charge is 2.17. The van der Waals surface area contributed by atoms with E-state index in [4.69, 9.17) is 5.11 Å².